The standard InChI is InChI=1S/C22H23ClN4O4/c1-22(2,3)31-21(30)27-18(11-17(25-27)13-7-8-13)24-20(29)14-9-19(28)26(12-14)16-6-4-5-15(23)10-16/h4-6,10-13H,7-9H2,1-3H3,(H,24,29). The lowest BCUT2D eigenvalue weighted by Crippen LogP contribution is -2.29. The van der Waals surface area contributed by atoms with Crippen molar-refractivity contribution in [2.75, 3.05) is 10.2 Å². The Bertz CT molecular complexity index is 1100. The number of rotatable bonds is 4. The topological polar surface area (TPSA) is 93.5 Å². The fourth-order valence-corrected chi connectivity index (χ4v) is 3.40. The zero-order valence-corrected chi connectivity index (χ0v) is 18.3. The third-order valence-electron chi connectivity index (χ3n) is 4.81. The third-order valence-corrected chi connectivity index (χ3v) is 5.04. The molecule has 1 aromatic heterocycles. The average Bonchev–Trinajstić information content (AvgIpc) is 3.32. The first-order valence-electron chi connectivity index (χ1n) is 10.0. The van der Waals surface area contributed by atoms with Crippen LogP contribution in [0.3, 0.4) is 0 Å². The summed E-state index contributed by atoms with van der Waals surface area (Å²) in [6, 6.07) is 8.51. The number of amides is 2. The van der Waals surface area contributed by atoms with Crippen LogP contribution in [-0.2, 0) is 14.3 Å². The van der Waals surface area contributed by atoms with Crippen LogP contribution in [0.25, 0.3) is 0 Å². The molecule has 8 nitrogen and oxygen atoms in total. The molecule has 0 spiro atoms. The van der Waals surface area contributed by atoms with Gasteiger partial charge in [-0.1, -0.05) is 17.7 Å². The van der Waals surface area contributed by atoms with Crippen molar-refractivity contribution in [2.45, 2.75) is 51.6 Å². The van der Waals surface area contributed by atoms with Crippen LogP contribution in [0, 0.1) is 0 Å². The Hall–Kier alpha value is -3.13. The van der Waals surface area contributed by atoms with Gasteiger partial charge in [0, 0.05) is 34.5 Å². The molecule has 2 amide bonds. The molecule has 0 atom stereocenters. The van der Waals surface area contributed by atoms with Crippen LogP contribution in [0.2, 0.25) is 5.02 Å². The molecule has 2 aromatic rings. The van der Waals surface area contributed by atoms with Crippen LogP contribution in [0.1, 0.15) is 51.6 Å². The lowest BCUT2D eigenvalue weighted by Gasteiger charge is -2.19. The van der Waals surface area contributed by atoms with E-state index in [1.165, 1.54) is 11.1 Å². The maximum absolute atomic E-state index is 12.9. The molecule has 0 unspecified atom stereocenters. The van der Waals surface area contributed by atoms with Crippen LogP contribution in [0.5, 0.6) is 0 Å². The molecule has 1 N–H and O–H groups in total. The molecule has 2 aliphatic rings. The highest BCUT2D eigenvalue weighted by Crippen LogP contribution is 2.40. The molecule has 1 fully saturated rings. The van der Waals surface area contributed by atoms with Gasteiger partial charge in [-0.3, -0.25) is 14.5 Å². The van der Waals surface area contributed by atoms with E-state index in [4.69, 9.17) is 16.3 Å². The van der Waals surface area contributed by atoms with E-state index >= 15 is 0 Å². The summed E-state index contributed by atoms with van der Waals surface area (Å²) in [6.45, 7) is 5.27. The zero-order chi connectivity index (χ0) is 22.3. The Morgan fingerprint density at radius 1 is 1.23 bits per heavy atom. The van der Waals surface area contributed by atoms with Gasteiger partial charge in [0.1, 0.15) is 11.4 Å². The van der Waals surface area contributed by atoms with E-state index in [0.717, 1.165) is 23.2 Å². The van der Waals surface area contributed by atoms with Gasteiger partial charge >= 0.3 is 6.09 Å². The predicted octanol–water partition coefficient (Wildman–Crippen LogP) is 4.46. The Labute approximate surface area is 184 Å². The number of anilines is 2. The van der Waals surface area contributed by atoms with Crippen LogP contribution >= 0.6 is 11.6 Å². The van der Waals surface area contributed by atoms with Crippen molar-refractivity contribution in [3.05, 3.63) is 52.8 Å². The summed E-state index contributed by atoms with van der Waals surface area (Å²) in [6.07, 6.45) is 2.74. The number of benzene rings is 1. The van der Waals surface area contributed by atoms with E-state index in [0.29, 0.717) is 10.7 Å². The minimum absolute atomic E-state index is 0.0611. The van der Waals surface area contributed by atoms with E-state index in [9.17, 15) is 14.4 Å². The van der Waals surface area contributed by atoms with Crippen molar-refractivity contribution in [1.29, 1.82) is 0 Å². The fraction of sp³-hybridized carbons (Fsp3) is 0.364. The molecular weight excluding hydrogens is 420 g/mol. The molecule has 1 saturated carbocycles. The van der Waals surface area contributed by atoms with Crippen LogP contribution in [0.15, 0.2) is 42.1 Å². The second kappa shape index (κ2) is 7.85. The number of halogens is 1. The quantitative estimate of drug-likeness (QED) is 0.754. The van der Waals surface area contributed by atoms with Gasteiger partial charge in [-0.25, -0.2) is 4.79 Å². The molecule has 162 valence electrons. The number of nitrogens with zero attached hydrogens (tertiary/aromatic N) is 3. The van der Waals surface area contributed by atoms with Gasteiger partial charge in [0.25, 0.3) is 5.91 Å². The smallest absolute Gasteiger partial charge is 0.437 e. The number of nitrogens with one attached hydrogen (secondary N) is 1. The van der Waals surface area contributed by atoms with E-state index in [-0.39, 0.29) is 29.6 Å². The van der Waals surface area contributed by atoms with Crippen molar-refractivity contribution in [2.24, 2.45) is 0 Å². The molecule has 31 heavy (non-hydrogen) atoms. The molecule has 1 aliphatic carbocycles. The van der Waals surface area contributed by atoms with Crippen LogP contribution in [-0.4, -0.2) is 33.3 Å². The Balaban J connectivity index is 1.56. The van der Waals surface area contributed by atoms with Gasteiger partial charge in [-0.15, -0.1) is 4.68 Å². The van der Waals surface area contributed by atoms with Gasteiger partial charge in [0.05, 0.1) is 12.1 Å². The van der Waals surface area contributed by atoms with E-state index in [2.05, 4.69) is 10.4 Å². The van der Waals surface area contributed by atoms with Gasteiger partial charge < -0.3 is 10.1 Å². The van der Waals surface area contributed by atoms with Crippen molar-refractivity contribution >= 4 is 41.0 Å². The number of aromatic nitrogens is 2. The largest absolute Gasteiger partial charge is 0.442 e. The van der Waals surface area contributed by atoms with E-state index < -0.39 is 17.6 Å². The fourth-order valence-electron chi connectivity index (χ4n) is 3.21. The van der Waals surface area contributed by atoms with Crippen LogP contribution in [0.4, 0.5) is 16.3 Å². The van der Waals surface area contributed by atoms with Gasteiger partial charge in [-0.2, -0.15) is 5.10 Å². The number of hydrogen-bond donors (Lipinski definition) is 1. The number of carbonyl (C=O) groups is 3. The number of ether oxygens (including phenoxy) is 1. The summed E-state index contributed by atoms with van der Waals surface area (Å²) >= 11 is 6.01. The third kappa shape index (κ3) is 4.80. The minimum atomic E-state index is -0.706. The van der Waals surface area contributed by atoms with Gasteiger partial charge in [-0.05, 0) is 51.8 Å². The highest BCUT2D eigenvalue weighted by atomic mass is 35.5. The summed E-state index contributed by atoms with van der Waals surface area (Å²) < 4.78 is 6.48. The Morgan fingerprint density at radius 3 is 2.61 bits per heavy atom. The molecule has 0 radical (unpaired) electrons. The molecule has 0 bridgehead atoms. The minimum Gasteiger partial charge on any atom is -0.442 e. The molecule has 1 aromatic carbocycles. The lowest BCUT2D eigenvalue weighted by atomic mass is 10.2. The maximum Gasteiger partial charge on any atom is 0.437 e. The highest BCUT2D eigenvalue weighted by Gasteiger charge is 2.32. The van der Waals surface area contributed by atoms with Crippen molar-refractivity contribution < 1.29 is 19.1 Å². The molecule has 4 rings (SSSR count). The van der Waals surface area contributed by atoms with E-state index in [1.54, 1.807) is 51.1 Å². The second-order valence-corrected chi connectivity index (χ2v) is 9.09. The van der Waals surface area contributed by atoms with Crippen molar-refractivity contribution in [1.82, 2.24) is 9.78 Å². The first kappa shape index (κ1) is 21.1. The average molecular weight is 443 g/mol. The summed E-state index contributed by atoms with van der Waals surface area (Å²) in [4.78, 5) is 39.3. The predicted molar refractivity (Wildman–Crippen MR) is 116 cm³/mol. The van der Waals surface area contributed by atoms with Crippen LogP contribution < -0.4 is 10.2 Å². The van der Waals surface area contributed by atoms with Crippen molar-refractivity contribution in [3.63, 3.8) is 0 Å². The lowest BCUT2D eigenvalue weighted by molar-refractivity contribution is -0.118. The molecule has 1 aliphatic heterocycles. The highest BCUT2D eigenvalue weighted by molar-refractivity contribution is 6.31. The Kier molecular flexibility index (Phi) is 5.35. The molecule has 0 saturated heterocycles. The summed E-state index contributed by atoms with van der Waals surface area (Å²) in [5, 5.41) is 7.54. The summed E-state index contributed by atoms with van der Waals surface area (Å²) in [5.41, 5.74) is 0.880. The first-order chi connectivity index (χ1) is 14.6. The SMILES string of the molecule is CC(C)(C)OC(=O)n1nc(C2CC2)cc1NC(=O)C1=CN(c2cccc(Cl)c2)C(=O)C1. The molecule has 9 heteroatoms. The van der Waals surface area contributed by atoms with Gasteiger partial charge in [0.15, 0.2) is 0 Å². The zero-order valence-electron chi connectivity index (χ0n) is 17.5. The summed E-state index contributed by atoms with van der Waals surface area (Å²) in [5.74, 6) is -0.225. The summed E-state index contributed by atoms with van der Waals surface area (Å²) in [7, 11) is 0. The second-order valence-electron chi connectivity index (χ2n) is 8.65. The Morgan fingerprint density at radius 2 is 1.97 bits per heavy atom. The van der Waals surface area contributed by atoms with Crippen molar-refractivity contribution in [3.8, 4) is 0 Å². The van der Waals surface area contributed by atoms with E-state index in [1.807, 2.05) is 0 Å². The normalized spacial score (nSPS) is 16.3. The number of carbonyl (C=O) groups excluding carboxylic acids is 3. The first-order valence-corrected chi connectivity index (χ1v) is 10.4. The number of hydrogen-bond acceptors (Lipinski definition) is 5. The van der Waals surface area contributed by atoms with Gasteiger partial charge in [0.2, 0.25) is 5.91 Å². The monoisotopic (exact) mass is 442 g/mol. The molecule has 2 heterocycles. The maximum atomic E-state index is 12.9. The molecular formula is C22H23ClN4O4.